The van der Waals surface area contributed by atoms with Gasteiger partial charge in [0.1, 0.15) is 29.7 Å². The normalized spacial score (nSPS) is 27.2. The van der Waals surface area contributed by atoms with Gasteiger partial charge in [0.15, 0.2) is 0 Å². The van der Waals surface area contributed by atoms with Crippen LogP contribution in [0.3, 0.4) is 0 Å². The van der Waals surface area contributed by atoms with E-state index < -0.39 is 12.2 Å². The van der Waals surface area contributed by atoms with Gasteiger partial charge in [-0.25, -0.2) is 15.0 Å². The van der Waals surface area contributed by atoms with Crippen LogP contribution in [0.4, 0.5) is 5.82 Å². The SMILES string of the molecule is CCN(C[C@H]1C[C@@H](n2ccc3c(N)ncnc32)[C@H](O)[C@@H]1O)[C@H]1C[C@@H](CCc2nc3cc(C(C)(C)C)ccc3[nH]2)C1. The van der Waals surface area contributed by atoms with Gasteiger partial charge < -0.3 is 30.4 Å². The Bertz CT molecular complexity index is 1480. The van der Waals surface area contributed by atoms with Crippen molar-refractivity contribution in [2.24, 2.45) is 11.8 Å². The molecule has 6 rings (SSSR count). The quantitative estimate of drug-likeness (QED) is 0.261. The van der Waals surface area contributed by atoms with Gasteiger partial charge in [0.2, 0.25) is 0 Å². The molecule has 0 amide bonds. The fraction of sp³-hybridized carbons (Fsp3) is 0.581. The summed E-state index contributed by atoms with van der Waals surface area (Å²) < 4.78 is 1.96. The van der Waals surface area contributed by atoms with Gasteiger partial charge in [-0.05, 0) is 67.3 Å². The number of H-pyrrole nitrogens is 1. The van der Waals surface area contributed by atoms with Crippen molar-refractivity contribution in [3.8, 4) is 0 Å². The maximum Gasteiger partial charge on any atom is 0.145 e. The van der Waals surface area contributed by atoms with Gasteiger partial charge in [-0.1, -0.05) is 33.8 Å². The van der Waals surface area contributed by atoms with Crippen LogP contribution in [0.1, 0.15) is 70.8 Å². The van der Waals surface area contributed by atoms with E-state index in [1.165, 1.54) is 24.7 Å². The summed E-state index contributed by atoms with van der Waals surface area (Å²) in [5.74, 6) is 2.21. The summed E-state index contributed by atoms with van der Waals surface area (Å²) in [6.45, 7) is 10.6. The van der Waals surface area contributed by atoms with Gasteiger partial charge >= 0.3 is 0 Å². The van der Waals surface area contributed by atoms with E-state index in [1.54, 1.807) is 0 Å². The van der Waals surface area contributed by atoms with E-state index in [0.29, 0.717) is 29.8 Å². The third-order valence-electron chi connectivity index (χ3n) is 9.46. The lowest BCUT2D eigenvalue weighted by atomic mass is 9.76. The molecule has 5 N–H and O–H groups in total. The Labute approximate surface area is 235 Å². The van der Waals surface area contributed by atoms with Crippen molar-refractivity contribution in [2.45, 2.75) is 89.5 Å². The minimum Gasteiger partial charge on any atom is -0.390 e. The number of rotatable bonds is 8. The molecule has 2 saturated carbocycles. The number of hydrogen-bond donors (Lipinski definition) is 4. The number of aliphatic hydroxyl groups excluding tert-OH is 2. The lowest BCUT2D eigenvalue weighted by Crippen LogP contribution is -2.48. The van der Waals surface area contributed by atoms with Crippen LogP contribution in [0.5, 0.6) is 0 Å². The van der Waals surface area contributed by atoms with Crippen LogP contribution in [0.25, 0.3) is 22.1 Å². The molecule has 0 radical (unpaired) electrons. The summed E-state index contributed by atoms with van der Waals surface area (Å²) in [4.78, 5) is 19.4. The molecular formula is C31H43N7O2. The second kappa shape index (κ2) is 10.4. The molecule has 0 aliphatic heterocycles. The van der Waals surface area contributed by atoms with Crippen molar-refractivity contribution < 1.29 is 10.2 Å². The summed E-state index contributed by atoms with van der Waals surface area (Å²) in [6.07, 6.45) is 6.91. The number of aromatic amines is 1. The van der Waals surface area contributed by atoms with Crippen molar-refractivity contribution in [3.63, 3.8) is 0 Å². The second-order valence-electron chi connectivity index (χ2n) is 13.0. The van der Waals surface area contributed by atoms with Gasteiger partial charge in [-0.15, -0.1) is 0 Å². The van der Waals surface area contributed by atoms with E-state index in [0.717, 1.165) is 48.2 Å². The first-order valence-electron chi connectivity index (χ1n) is 14.8. The molecule has 9 heteroatoms. The average Bonchev–Trinajstić information content (AvgIpc) is 3.58. The summed E-state index contributed by atoms with van der Waals surface area (Å²) >= 11 is 0. The van der Waals surface area contributed by atoms with Crippen LogP contribution in [0.2, 0.25) is 0 Å². The van der Waals surface area contributed by atoms with E-state index >= 15 is 0 Å². The molecule has 1 aromatic carbocycles. The fourth-order valence-corrected chi connectivity index (χ4v) is 6.87. The third-order valence-corrected chi connectivity index (χ3v) is 9.46. The predicted molar refractivity (Wildman–Crippen MR) is 158 cm³/mol. The summed E-state index contributed by atoms with van der Waals surface area (Å²) in [5, 5.41) is 22.8. The average molecular weight is 546 g/mol. The van der Waals surface area contributed by atoms with E-state index in [9.17, 15) is 10.2 Å². The molecule has 0 unspecified atom stereocenters. The predicted octanol–water partition coefficient (Wildman–Crippen LogP) is 4.20. The number of nitrogens with two attached hydrogens (primary N) is 1. The number of nitrogens with one attached hydrogen (secondary N) is 1. The van der Waals surface area contributed by atoms with Gasteiger partial charge in [0.05, 0.1) is 28.6 Å². The third kappa shape index (κ3) is 4.99. The van der Waals surface area contributed by atoms with Gasteiger partial charge in [-0.2, -0.15) is 0 Å². The molecule has 3 heterocycles. The van der Waals surface area contributed by atoms with Crippen LogP contribution in [-0.2, 0) is 11.8 Å². The maximum absolute atomic E-state index is 11.0. The number of fused-ring (bicyclic) bond motifs is 2. The number of hydrogen-bond acceptors (Lipinski definition) is 7. The van der Waals surface area contributed by atoms with Crippen LogP contribution < -0.4 is 5.73 Å². The number of aliphatic hydroxyl groups is 2. The number of benzene rings is 1. The van der Waals surface area contributed by atoms with Crippen molar-refractivity contribution >= 4 is 27.9 Å². The first-order valence-corrected chi connectivity index (χ1v) is 14.8. The van der Waals surface area contributed by atoms with Crippen molar-refractivity contribution in [2.75, 3.05) is 18.8 Å². The number of aromatic nitrogens is 5. The molecule has 3 aromatic heterocycles. The zero-order valence-electron chi connectivity index (χ0n) is 24.1. The number of nitrogen functional groups attached to an aromatic ring is 1. The number of aryl methyl sites for hydroxylation is 1. The molecule has 2 aliphatic carbocycles. The van der Waals surface area contributed by atoms with Gasteiger partial charge in [0, 0.05) is 31.1 Å². The highest BCUT2D eigenvalue weighted by Crippen LogP contribution is 2.40. The maximum atomic E-state index is 11.0. The van der Waals surface area contributed by atoms with Crippen molar-refractivity contribution in [1.29, 1.82) is 0 Å². The first-order chi connectivity index (χ1) is 19.1. The standard InChI is InChI=1S/C31H43N7O2/c1-5-37(16-19-14-25(28(40)27(19)39)38-11-10-22-29(32)33-17-34-30(22)38)21-12-18(13-21)6-9-26-35-23-8-7-20(31(2,3)4)15-24(23)36-26/h7-8,10-11,15,17-19,21,25,27-28,39-40H,5-6,9,12-14,16H2,1-4H3,(H,35,36)(H2,32,33,34)/t18-,19-,21+,25-,27-,28+/m1/s1. The Balaban J connectivity index is 1.03. The Morgan fingerprint density at radius 3 is 2.65 bits per heavy atom. The lowest BCUT2D eigenvalue weighted by Gasteiger charge is -2.44. The molecule has 40 heavy (non-hydrogen) atoms. The van der Waals surface area contributed by atoms with Gasteiger partial charge in [0.25, 0.3) is 0 Å². The molecule has 4 atom stereocenters. The topological polar surface area (TPSA) is 129 Å². The number of anilines is 1. The molecule has 4 aromatic rings. The Kier molecular flexibility index (Phi) is 7.09. The van der Waals surface area contributed by atoms with Crippen LogP contribution in [0, 0.1) is 11.8 Å². The summed E-state index contributed by atoms with van der Waals surface area (Å²) in [7, 11) is 0. The van der Waals surface area contributed by atoms with E-state index in [-0.39, 0.29) is 17.4 Å². The molecule has 2 aliphatic rings. The highest BCUT2D eigenvalue weighted by molar-refractivity contribution is 5.86. The van der Waals surface area contributed by atoms with Crippen LogP contribution in [-0.4, -0.2) is 71.0 Å². The minimum atomic E-state index is -0.840. The number of imidazole rings is 1. The zero-order chi connectivity index (χ0) is 28.2. The molecule has 0 saturated heterocycles. The summed E-state index contributed by atoms with van der Waals surface area (Å²) in [5.41, 5.74) is 10.3. The number of nitrogens with zero attached hydrogens (tertiary/aromatic N) is 5. The Hall–Kier alpha value is -3.01. The smallest absolute Gasteiger partial charge is 0.145 e. The van der Waals surface area contributed by atoms with E-state index in [4.69, 9.17) is 10.7 Å². The largest absolute Gasteiger partial charge is 0.390 e. The lowest BCUT2D eigenvalue weighted by molar-refractivity contribution is -0.0101. The molecule has 0 spiro atoms. The van der Waals surface area contributed by atoms with Crippen molar-refractivity contribution in [1.82, 2.24) is 29.4 Å². The Morgan fingerprint density at radius 2 is 1.90 bits per heavy atom. The van der Waals surface area contributed by atoms with Crippen LogP contribution >= 0.6 is 0 Å². The fourth-order valence-electron chi connectivity index (χ4n) is 6.87. The van der Waals surface area contributed by atoms with Gasteiger partial charge in [-0.3, -0.25) is 0 Å². The summed E-state index contributed by atoms with van der Waals surface area (Å²) in [6, 6.07) is 8.76. The molecular weight excluding hydrogens is 502 g/mol. The molecule has 2 fully saturated rings. The molecule has 0 bridgehead atoms. The highest BCUT2D eigenvalue weighted by Gasteiger charge is 2.44. The zero-order valence-corrected chi connectivity index (χ0v) is 24.1. The Morgan fingerprint density at radius 1 is 1.10 bits per heavy atom. The second-order valence-corrected chi connectivity index (χ2v) is 13.0. The monoisotopic (exact) mass is 545 g/mol. The highest BCUT2D eigenvalue weighted by atomic mass is 16.3. The van der Waals surface area contributed by atoms with Crippen LogP contribution in [0.15, 0.2) is 36.8 Å². The van der Waals surface area contributed by atoms with E-state index in [1.807, 2.05) is 16.8 Å². The molecule has 9 nitrogen and oxygen atoms in total. The first kappa shape index (κ1) is 27.2. The van der Waals surface area contributed by atoms with E-state index in [2.05, 4.69) is 65.7 Å². The molecule has 214 valence electrons. The minimum absolute atomic E-state index is 0.00386. The van der Waals surface area contributed by atoms with Crippen molar-refractivity contribution in [3.05, 3.63) is 48.2 Å².